The molecule has 3 aromatic carbocycles. The normalized spacial score (nSPS) is 10.1. The van der Waals surface area contributed by atoms with Crippen molar-refractivity contribution in [2.24, 2.45) is 0 Å². The minimum Gasteiger partial charge on any atom is -0.493 e. The van der Waals surface area contributed by atoms with Crippen molar-refractivity contribution in [2.75, 3.05) is 17.2 Å². The number of carbonyl (C=O) groups is 2. The summed E-state index contributed by atoms with van der Waals surface area (Å²) in [6, 6.07) is 23.1. The largest absolute Gasteiger partial charge is 0.493 e. The molecule has 0 saturated heterocycles. The molecular formula is C24H23N3O3S. The summed E-state index contributed by atoms with van der Waals surface area (Å²) in [5.41, 5.74) is 2.15. The molecule has 7 heteroatoms. The van der Waals surface area contributed by atoms with E-state index < -0.39 is 0 Å². The molecule has 0 bridgehead atoms. The van der Waals surface area contributed by atoms with Crippen LogP contribution < -0.4 is 20.7 Å². The minimum absolute atomic E-state index is 0.121. The molecule has 0 radical (unpaired) electrons. The van der Waals surface area contributed by atoms with Crippen LogP contribution in [0, 0.1) is 0 Å². The Morgan fingerprint density at radius 3 is 2.32 bits per heavy atom. The second-order valence-corrected chi connectivity index (χ2v) is 7.06. The predicted molar refractivity (Wildman–Crippen MR) is 127 cm³/mol. The summed E-state index contributed by atoms with van der Waals surface area (Å²) in [5.74, 6) is -0.113. The minimum atomic E-state index is -0.373. The Morgan fingerprint density at radius 1 is 0.839 bits per heavy atom. The molecule has 0 unspecified atom stereocenters. The molecule has 0 heterocycles. The van der Waals surface area contributed by atoms with Gasteiger partial charge in [-0.05, 0) is 61.1 Å². The van der Waals surface area contributed by atoms with E-state index in [0.717, 1.165) is 6.42 Å². The number of anilines is 2. The van der Waals surface area contributed by atoms with Crippen LogP contribution in [0.4, 0.5) is 11.4 Å². The van der Waals surface area contributed by atoms with E-state index in [0.29, 0.717) is 34.9 Å². The quantitative estimate of drug-likeness (QED) is 0.464. The summed E-state index contributed by atoms with van der Waals surface area (Å²) in [7, 11) is 0. The van der Waals surface area contributed by atoms with Gasteiger partial charge in [-0.15, -0.1) is 0 Å². The van der Waals surface area contributed by atoms with Crippen molar-refractivity contribution in [3.8, 4) is 5.75 Å². The molecule has 31 heavy (non-hydrogen) atoms. The standard InChI is InChI=1S/C24H23N3O3S/c1-2-15-30-21-14-7-6-13-20(21)23(29)27-24(31)26-19-12-8-9-17(16-19)22(28)25-18-10-4-3-5-11-18/h3-14,16H,2,15H2,1H3,(H,25,28)(H2,26,27,29,31). The van der Waals surface area contributed by atoms with Crippen molar-refractivity contribution in [2.45, 2.75) is 13.3 Å². The zero-order chi connectivity index (χ0) is 22.1. The van der Waals surface area contributed by atoms with E-state index in [4.69, 9.17) is 17.0 Å². The zero-order valence-corrected chi connectivity index (χ0v) is 17.9. The third kappa shape index (κ3) is 6.38. The highest BCUT2D eigenvalue weighted by Crippen LogP contribution is 2.18. The molecule has 0 aliphatic rings. The molecule has 158 valence electrons. The summed E-state index contributed by atoms with van der Waals surface area (Å²) >= 11 is 5.27. The van der Waals surface area contributed by atoms with Gasteiger partial charge in [0.15, 0.2) is 5.11 Å². The third-order valence-corrected chi connectivity index (χ3v) is 4.44. The molecule has 0 aromatic heterocycles. The van der Waals surface area contributed by atoms with Gasteiger partial charge in [0.05, 0.1) is 12.2 Å². The number of hydrogen-bond acceptors (Lipinski definition) is 4. The monoisotopic (exact) mass is 433 g/mol. The summed E-state index contributed by atoms with van der Waals surface area (Å²) in [4.78, 5) is 25.1. The van der Waals surface area contributed by atoms with Gasteiger partial charge in [-0.1, -0.05) is 43.3 Å². The number of para-hydroxylation sites is 2. The van der Waals surface area contributed by atoms with Gasteiger partial charge < -0.3 is 15.4 Å². The van der Waals surface area contributed by atoms with E-state index in [-0.39, 0.29) is 16.9 Å². The SMILES string of the molecule is CCCOc1ccccc1C(=O)NC(=S)Nc1cccc(C(=O)Nc2ccccc2)c1. The van der Waals surface area contributed by atoms with Gasteiger partial charge in [-0.25, -0.2) is 0 Å². The first-order valence-corrected chi connectivity index (χ1v) is 10.3. The third-order valence-electron chi connectivity index (χ3n) is 4.23. The van der Waals surface area contributed by atoms with Crippen molar-refractivity contribution in [1.29, 1.82) is 0 Å². The van der Waals surface area contributed by atoms with E-state index >= 15 is 0 Å². The Hall–Kier alpha value is -3.71. The number of benzene rings is 3. The van der Waals surface area contributed by atoms with E-state index in [1.165, 1.54) is 0 Å². The van der Waals surface area contributed by atoms with E-state index in [1.54, 1.807) is 42.5 Å². The number of thiocarbonyl (C=S) groups is 1. The van der Waals surface area contributed by atoms with Gasteiger partial charge in [0.2, 0.25) is 0 Å². The average Bonchev–Trinajstić information content (AvgIpc) is 2.78. The highest BCUT2D eigenvalue weighted by atomic mass is 32.1. The van der Waals surface area contributed by atoms with Gasteiger partial charge in [0.25, 0.3) is 11.8 Å². The van der Waals surface area contributed by atoms with E-state index in [9.17, 15) is 9.59 Å². The number of hydrogen-bond donors (Lipinski definition) is 3. The second-order valence-electron chi connectivity index (χ2n) is 6.65. The van der Waals surface area contributed by atoms with Gasteiger partial charge in [0, 0.05) is 16.9 Å². The first kappa shape index (κ1) is 22.0. The predicted octanol–water partition coefficient (Wildman–Crippen LogP) is 4.85. The molecule has 0 atom stereocenters. The summed E-state index contributed by atoms with van der Waals surface area (Å²) in [5, 5.41) is 8.55. The molecule has 2 amide bonds. The molecule has 3 N–H and O–H groups in total. The lowest BCUT2D eigenvalue weighted by Crippen LogP contribution is -2.34. The fourth-order valence-corrected chi connectivity index (χ4v) is 3.00. The van der Waals surface area contributed by atoms with Gasteiger partial charge in [-0.2, -0.15) is 0 Å². The lowest BCUT2D eigenvalue weighted by molar-refractivity contribution is 0.0972. The van der Waals surface area contributed by atoms with Crippen LogP contribution >= 0.6 is 12.2 Å². The first-order chi connectivity index (χ1) is 15.1. The van der Waals surface area contributed by atoms with Crippen molar-refractivity contribution in [3.63, 3.8) is 0 Å². The topological polar surface area (TPSA) is 79.5 Å². The van der Waals surface area contributed by atoms with E-state index in [1.807, 2.05) is 43.3 Å². The molecule has 3 rings (SSSR count). The van der Waals surface area contributed by atoms with Gasteiger partial charge >= 0.3 is 0 Å². The van der Waals surface area contributed by atoms with Crippen LogP contribution in [-0.2, 0) is 0 Å². The molecule has 0 fully saturated rings. The highest BCUT2D eigenvalue weighted by Gasteiger charge is 2.14. The van der Waals surface area contributed by atoms with Crippen LogP contribution in [0.2, 0.25) is 0 Å². The van der Waals surface area contributed by atoms with Crippen LogP contribution in [0.25, 0.3) is 0 Å². The maximum Gasteiger partial charge on any atom is 0.261 e. The Kier molecular flexibility index (Phi) is 7.73. The Balaban J connectivity index is 1.63. The smallest absolute Gasteiger partial charge is 0.261 e. The maximum absolute atomic E-state index is 12.6. The number of rotatable bonds is 7. The fourth-order valence-electron chi connectivity index (χ4n) is 2.79. The zero-order valence-electron chi connectivity index (χ0n) is 17.1. The molecule has 0 aliphatic carbocycles. The first-order valence-electron chi connectivity index (χ1n) is 9.87. The summed E-state index contributed by atoms with van der Waals surface area (Å²) in [6.45, 7) is 2.51. The molecule has 0 saturated carbocycles. The maximum atomic E-state index is 12.6. The van der Waals surface area contributed by atoms with Gasteiger partial charge in [0.1, 0.15) is 5.75 Å². The summed E-state index contributed by atoms with van der Waals surface area (Å²) < 4.78 is 5.63. The summed E-state index contributed by atoms with van der Waals surface area (Å²) in [6.07, 6.45) is 0.837. The van der Waals surface area contributed by atoms with Crippen molar-refractivity contribution >= 4 is 40.5 Å². The molecule has 0 aliphatic heterocycles. The molecule has 3 aromatic rings. The van der Waals surface area contributed by atoms with Crippen LogP contribution in [0.1, 0.15) is 34.1 Å². The van der Waals surface area contributed by atoms with Gasteiger partial charge in [-0.3, -0.25) is 14.9 Å². The lowest BCUT2D eigenvalue weighted by atomic mass is 10.2. The van der Waals surface area contributed by atoms with Crippen LogP contribution in [-0.4, -0.2) is 23.5 Å². The van der Waals surface area contributed by atoms with Crippen LogP contribution in [0.3, 0.4) is 0 Å². The van der Waals surface area contributed by atoms with E-state index in [2.05, 4.69) is 16.0 Å². The Morgan fingerprint density at radius 2 is 1.55 bits per heavy atom. The van der Waals surface area contributed by atoms with Crippen LogP contribution in [0.5, 0.6) is 5.75 Å². The lowest BCUT2D eigenvalue weighted by Gasteiger charge is -2.13. The Labute approximate surface area is 186 Å². The highest BCUT2D eigenvalue weighted by molar-refractivity contribution is 7.80. The van der Waals surface area contributed by atoms with Crippen molar-refractivity contribution in [3.05, 3.63) is 90.0 Å². The fraction of sp³-hybridized carbons (Fsp3) is 0.125. The number of carbonyl (C=O) groups excluding carboxylic acids is 2. The average molecular weight is 434 g/mol. The molecule has 0 spiro atoms. The number of amides is 2. The molecule has 6 nitrogen and oxygen atoms in total. The number of ether oxygens (including phenoxy) is 1. The van der Waals surface area contributed by atoms with Crippen LogP contribution in [0.15, 0.2) is 78.9 Å². The van der Waals surface area contributed by atoms with Crippen molar-refractivity contribution in [1.82, 2.24) is 5.32 Å². The number of nitrogens with one attached hydrogen (secondary N) is 3. The Bertz CT molecular complexity index is 1070. The van der Waals surface area contributed by atoms with Crippen molar-refractivity contribution < 1.29 is 14.3 Å². The molecular weight excluding hydrogens is 410 g/mol. The second kappa shape index (κ2) is 10.9.